The van der Waals surface area contributed by atoms with E-state index >= 15 is 0 Å². The lowest BCUT2D eigenvalue weighted by molar-refractivity contribution is -0.134. The molecule has 0 radical (unpaired) electrons. The lowest BCUT2D eigenvalue weighted by atomic mass is 10.1. The fraction of sp³-hybridized carbons (Fsp3) is 0.480. The van der Waals surface area contributed by atoms with Crippen LogP contribution in [0.15, 0.2) is 58.8 Å². The van der Waals surface area contributed by atoms with Gasteiger partial charge in [0.05, 0.1) is 11.4 Å². The Bertz CT molecular complexity index is 736. The molecule has 0 amide bonds. The second-order valence-corrected chi connectivity index (χ2v) is 7.46. The number of rotatable bonds is 13. The summed E-state index contributed by atoms with van der Waals surface area (Å²) >= 11 is 0. The van der Waals surface area contributed by atoms with Crippen LogP contribution >= 0.6 is 0 Å². The number of hydrogen-bond donors (Lipinski definition) is 0. The summed E-state index contributed by atoms with van der Waals surface area (Å²) in [4.78, 5) is 11.9. The molecule has 0 bridgehead atoms. The summed E-state index contributed by atoms with van der Waals surface area (Å²) in [5.74, 6) is 0.387. The van der Waals surface area contributed by atoms with E-state index in [0.717, 1.165) is 30.6 Å². The SMILES string of the molecule is CCCCCCCCC(=O)Oc1ccc(N=Nc2ccc(CCCC)cc2)cc1. The average Bonchev–Trinajstić information content (AvgIpc) is 2.75. The Morgan fingerprint density at radius 1 is 0.724 bits per heavy atom. The van der Waals surface area contributed by atoms with Crippen molar-refractivity contribution < 1.29 is 9.53 Å². The van der Waals surface area contributed by atoms with Crippen molar-refractivity contribution in [2.45, 2.75) is 78.1 Å². The van der Waals surface area contributed by atoms with Crippen molar-refractivity contribution in [2.24, 2.45) is 10.2 Å². The van der Waals surface area contributed by atoms with E-state index in [9.17, 15) is 4.79 Å². The highest BCUT2D eigenvalue weighted by molar-refractivity contribution is 5.72. The standard InChI is InChI=1S/C25H34N2O2/c1-3-5-7-8-9-10-12-25(28)29-24-19-17-23(18-20-24)27-26-22-15-13-21(14-16-22)11-6-4-2/h13-20H,3-12H2,1-2H3. The highest BCUT2D eigenvalue weighted by Crippen LogP contribution is 2.22. The van der Waals surface area contributed by atoms with Gasteiger partial charge in [-0.25, -0.2) is 0 Å². The van der Waals surface area contributed by atoms with Gasteiger partial charge in [-0.2, -0.15) is 10.2 Å². The van der Waals surface area contributed by atoms with Gasteiger partial charge in [-0.1, -0.05) is 64.5 Å². The Morgan fingerprint density at radius 3 is 1.90 bits per heavy atom. The third-order valence-electron chi connectivity index (χ3n) is 4.84. The van der Waals surface area contributed by atoms with E-state index in [1.807, 2.05) is 24.3 Å². The van der Waals surface area contributed by atoms with Crippen LogP contribution in [-0.2, 0) is 11.2 Å². The van der Waals surface area contributed by atoms with Crippen molar-refractivity contribution in [1.29, 1.82) is 0 Å². The third kappa shape index (κ3) is 9.51. The zero-order valence-electron chi connectivity index (χ0n) is 17.9. The van der Waals surface area contributed by atoms with Gasteiger partial charge in [0.2, 0.25) is 0 Å². The molecule has 0 saturated heterocycles. The second kappa shape index (κ2) is 13.6. The van der Waals surface area contributed by atoms with Crippen LogP contribution in [0.4, 0.5) is 11.4 Å². The van der Waals surface area contributed by atoms with Crippen LogP contribution in [0.1, 0.15) is 77.2 Å². The first-order valence-electron chi connectivity index (χ1n) is 11.0. The monoisotopic (exact) mass is 394 g/mol. The second-order valence-electron chi connectivity index (χ2n) is 7.46. The number of nitrogens with zero attached hydrogens (tertiary/aromatic N) is 2. The van der Waals surface area contributed by atoms with Crippen molar-refractivity contribution in [3.05, 3.63) is 54.1 Å². The molecule has 0 aromatic heterocycles. The maximum atomic E-state index is 11.9. The third-order valence-corrected chi connectivity index (χ3v) is 4.84. The highest BCUT2D eigenvalue weighted by atomic mass is 16.5. The molecular weight excluding hydrogens is 360 g/mol. The molecule has 156 valence electrons. The number of esters is 1. The Kier molecular flexibility index (Phi) is 10.7. The minimum absolute atomic E-state index is 0.168. The molecule has 2 rings (SSSR count). The topological polar surface area (TPSA) is 51.0 Å². The van der Waals surface area contributed by atoms with Gasteiger partial charge in [-0.3, -0.25) is 4.79 Å². The number of carbonyl (C=O) groups is 1. The molecule has 0 atom stereocenters. The number of unbranched alkanes of at least 4 members (excludes halogenated alkanes) is 6. The Labute approximate surface area is 175 Å². The number of aryl methyl sites for hydroxylation is 1. The molecular formula is C25H34N2O2. The van der Waals surface area contributed by atoms with E-state index in [-0.39, 0.29) is 5.97 Å². The van der Waals surface area contributed by atoms with E-state index in [2.05, 4.69) is 36.2 Å². The highest BCUT2D eigenvalue weighted by Gasteiger charge is 2.05. The van der Waals surface area contributed by atoms with Gasteiger partial charge < -0.3 is 4.74 Å². The van der Waals surface area contributed by atoms with Gasteiger partial charge in [0.1, 0.15) is 5.75 Å². The normalized spacial score (nSPS) is 11.1. The minimum Gasteiger partial charge on any atom is -0.427 e. The number of azo groups is 1. The maximum absolute atomic E-state index is 11.9. The number of benzene rings is 2. The predicted octanol–water partition coefficient (Wildman–Crippen LogP) is 8.10. The minimum atomic E-state index is -0.168. The number of carbonyl (C=O) groups excluding carboxylic acids is 1. The summed E-state index contributed by atoms with van der Waals surface area (Å²) in [5.41, 5.74) is 2.90. The van der Waals surface area contributed by atoms with Crippen molar-refractivity contribution in [2.75, 3.05) is 0 Å². The molecule has 0 saturated carbocycles. The quantitative estimate of drug-likeness (QED) is 0.149. The van der Waals surface area contributed by atoms with Gasteiger partial charge in [0, 0.05) is 6.42 Å². The van der Waals surface area contributed by atoms with Crippen LogP contribution in [0, 0.1) is 0 Å². The fourth-order valence-electron chi connectivity index (χ4n) is 3.04. The van der Waals surface area contributed by atoms with Gasteiger partial charge in [-0.05, 0) is 61.2 Å². The van der Waals surface area contributed by atoms with Crippen molar-refractivity contribution in [1.82, 2.24) is 0 Å². The first-order valence-corrected chi connectivity index (χ1v) is 11.0. The van der Waals surface area contributed by atoms with Crippen molar-refractivity contribution in [3.8, 4) is 5.75 Å². The zero-order valence-corrected chi connectivity index (χ0v) is 17.9. The molecule has 0 aliphatic rings. The summed E-state index contributed by atoms with van der Waals surface area (Å²) in [6.45, 7) is 4.40. The summed E-state index contributed by atoms with van der Waals surface area (Å²) in [6.07, 6.45) is 10.9. The smallest absolute Gasteiger partial charge is 0.311 e. The van der Waals surface area contributed by atoms with Crippen LogP contribution < -0.4 is 4.74 Å². The van der Waals surface area contributed by atoms with E-state index in [1.54, 1.807) is 12.1 Å². The molecule has 2 aromatic rings. The molecule has 29 heavy (non-hydrogen) atoms. The molecule has 0 unspecified atom stereocenters. The largest absolute Gasteiger partial charge is 0.427 e. The van der Waals surface area contributed by atoms with Crippen LogP contribution in [0.2, 0.25) is 0 Å². The number of ether oxygens (including phenoxy) is 1. The van der Waals surface area contributed by atoms with Crippen LogP contribution in [-0.4, -0.2) is 5.97 Å². The summed E-state index contributed by atoms with van der Waals surface area (Å²) in [7, 11) is 0. The van der Waals surface area contributed by atoms with Crippen molar-refractivity contribution in [3.63, 3.8) is 0 Å². The van der Waals surface area contributed by atoms with Gasteiger partial charge in [0.15, 0.2) is 0 Å². The molecule has 4 nitrogen and oxygen atoms in total. The Hall–Kier alpha value is -2.49. The fourth-order valence-corrected chi connectivity index (χ4v) is 3.04. The van der Waals surface area contributed by atoms with E-state index < -0.39 is 0 Å². The van der Waals surface area contributed by atoms with E-state index in [1.165, 1.54) is 44.1 Å². The lowest BCUT2D eigenvalue weighted by Crippen LogP contribution is -2.07. The van der Waals surface area contributed by atoms with E-state index in [0.29, 0.717) is 12.2 Å². The predicted molar refractivity (Wildman–Crippen MR) is 119 cm³/mol. The molecule has 0 spiro atoms. The molecule has 0 fully saturated rings. The van der Waals surface area contributed by atoms with Gasteiger partial charge in [-0.15, -0.1) is 0 Å². The first kappa shape index (κ1) is 22.8. The van der Waals surface area contributed by atoms with Gasteiger partial charge >= 0.3 is 5.97 Å². The molecule has 0 N–H and O–H groups in total. The van der Waals surface area contributed by atoms with Crippen LogP contribution in [0.3, 0.4) is 0 Å². The average molecular weight is 395 g/mol. The number of hydrogen-bond acceptors (Lipinski definition) is 4. The summed E-state index contributed by atoms with van der Waals surface area (Å²) in [6, 6.07) is 15.4. The zero-order chi connectivity index (χ0) is 20.7. The summed E-state index contributed by atoms with van der Waals surface area (Å²) in [5, 5.41) is 8.54. The Balaban J connectivity index is 1.74. The van der Waals surface area contributed by atoms with Crippen LogP contribution in [0.5, 0.6) is 5.75 Å². The van der Waals surface area contributed by atoms with Crippen molar-refractivity contribution >= 4 is 17.3 Å². The molecule has 0 aliphatic heterocycles. The lowest BCUT2D eigenvalue weighted by Gasteiger charge is -2.04. The maximum Gasteiger partial charge on any atom is 0.311 e. The Morgan fingerprint density at radius 2 is 1.28 bits per heavy atom. The first-order chi connectivity index (χ1) is 14.2. The summed E-state index contributed by atoms with van der Waals surface area (Å²) < 4.78 is 5.39. The molecule has 0 aliphatic carbocycles. The van der Waals surface area contributed by atoms with E-state index in [4.69, 9.17) is 4.74 Å². The molecule has 2 aromatic carbocycles. The molecule has 4 heteroatoms. The molecule has 0 heterocycles. The van der Waals surface area contributed by atoms with Gasteiger partial charge in [0.25, 0.3) is 0 Å². The van der Waals surface area contributed by atoms with Crippen LogP contribution in [0.25, 0.3) is 0 Å².